The Bertz CT molecular complexity index is 242. The Kier molecular flexibility index (Phi) is 3.71. The third-order valence-corrected chi connectivity index (χ3v) is 4.86. The molecule has 2 aliphatic carbocycles. The van der Waals surface area contributed by atoms with Crippen LogP contribution < -0.4 is 0 Å². The SMILES string of the molecule is CCCC1(CC(C)=O)C[C@H]2CCCC[C@@H]2C1. The zero-order valence-electron chi connectivity index (χ0n) is 10.9. The lowest BCUT2D eigenvalue weighted by molar-refractivity contribution is -0.119. The van der Waals surface area contributed by atoms with Gasteiger partial charge in [-0.15, -0.1) is 0 Å². The molecule has 0 bridgehead atoms. The fourth-order valence-electron chi connectivity index (χ4n) is 4.51. The maximum atomic E-state index is 11.5. The molecule has 2 saturated carbocycles. The molecule has 0 aromatic carbocycles. The number of Topliss-reactive ketones (excluding diaryl/α,β-unsaturated/α-hetero) is 1. The topological polar surface area (TPSA) is 17.1 Å². The average molecular weight is 222 g/mol. The summed E-state index contributed by atoms with van der Waals surface area (Å²) in [6.07, 6.45) is 11.8. The number of carbonyl (C=O) groups is 1. The van der Waals surface area contributed by atoms with Crippen molar-refractivity contribution in [3.8, 4) is 0 Å². The molecule has 0 radical (unpaired) electrons. The molecule has 0 aromatic rings. The second kappa shape index (κ2) is 4.89. The molecule has 0 heterocycles. The minimum atomic E-state index is 0.403. The van der Waals surface area contributed by atoms with Crippen LogP contribution in [0.2, 0.25) is 0 Å². The van der Waals surface area contributed by atoms with Crippen LogP contribution in [0.25, 0.3) is 0 Å². The molecular formula is C15H26O. The molecule has 0 N–H and O–H groups in total. The number of rotatable bonds is 4. The largest absolute Gasteiger partial charge is 0.300 e. The van der Waals surface area contributed by atoms with Gasteiger partial charge in [0.2, 0.25) is 0 Å². The number of fused-ring (bicyclic) bond motifs is 1. The van der Waals surface area contributed by atoms with Gasteiger partial charge in [-0.25, -0.2) is 0 Å². The van der Waals surface area contributed by atoms with Gasteiger partial charge in [0.25, 0.3) is 0 Å². The fraction of sp³-hybridized carbons (Fsp3) is 0.933. The molecule has 0 aromatic heterocycles. The minimum Gasteiger partial charge on any atom is -0.300 e. The summed E-state index contributed by atoms with van der Waals surface area (Å²) in [4.78, 5) is 11.5. The van der Waals surface area contributed by atoms with E-state index in [1.165, 1.54) is 51.4 Å². The Morgan fingerprint density at radius 3 is 2.19 bits per heavy atom. The molecule has 16 heavy (non-hydrogen) atoms. The standard InChI is InChI=1S/C15H26O/c1-3-8-15(9-12(2)16)10-13-6-4-5-7-14(13)11-15/h13-14H,3-11H2,1-2H3/t13-,14-/m1/s1. The highest BCUT2D eigenvalue weighted by Gasteiger charge is 2.45. The summed E-state index contributed by atoms with van der Waals surface area (Å²) in [5.41, 5.74) is 0.403. The Hall–Kier alpha value is -0.330. The average Bonchev–Trinajstić information content (AvgIpc) is 2.54. The predicted molar refractivity (Wildman–Crippen MR) is 67.3 cm³/mol. The first kappa shape index (κ1) is 12.1. The van der Waals surface area contributed by atoms with Crippen molar-refractivity contribution in [1.82, 2.24) is 0 Å². The van der Waals surface area contributed by atoms with Crippen molar-refractivity contribution in [2.75, 3.05) is 0 Å². The molecule has 0 unspecified atom stereocenters. The molecular weight excluding hydrogens is 196 g/mol. The Labute approximate surface area is 100.0 Å². The maximum absolute atomic E-state index is 11.5. The molecule has 2 rings (SSSR count). The Morgan fingerprint density at radius 2 is 1.75 bits per heavy atom. The lowest BCUT2D eigenvalue weighted by Crippen LogP contribution is -2.20. The first-order valence-electron chi connectivity index (χ1n) is 7.15. The van der Waals surface area contributed by atoms with Crippen LogP contribution in [0.3, 0.4) is 0 Å². The van der Waals surface area contributed by atoms with Crippen molar-refractivity contribution in [1.29, 1.82) is 0 Å². The lowest BCUT2D eigenvalue weighted by atomic mass is 9.76. The second-order valence-electron chi connectivity index (χ2n) is 6.34. The van der Waals surface area contributed by atoms with Crippen molar-refractivity contribution in [3.63, 3.8) is 0 Å². The van der Waals surface area contributed by atoms with Crippen molar-refractivity contribution in [2.24, 2.45) is 17.3 Å². The van der Waals surface area contributed by atoms with Gasteiger partial charge in [-0.3, -0.25) is 0 Å². The van der Waals surface area contributed by atoms with E-state index in [0.29, 0.717) is 11.2 Å². The molecule has 0 saturated heterocycles. The van der Waals surface area contributed by atoms with Crippen molar-refractivity contribution >= 4 is 5.78 Å². The smallest absolute Gasteiger partial charge is 0.130 e. The minimum absolute atomic E-state index is 0.403. The lowest BCUT2D eigenvalue weighted by Gasteiger charge is -2.28. The van der Waals surface area contributed by atoms with Gasteiger partial charge < -0.3 is 4.79 Å². The van der Waals surface area contributed by atoms with Crippen LogP contribution in [0.4, 0.5) is 0 Å². The van der Waals surface area contributed by atoms with E-state index in [1.54, 1.807) is 6.92 Å². The van der Waals surface area contributed by atoms with Gasteiger partial charge in [-0.2, -0.15) is 0 Å². The highest BCUT2D eigenvalue weighted by atomic mass is 16.1. The van der Waals surface area contributed by atoms with E-state index in [0.717, 1.165) is 18.3 Å². The molecule has 1 heteroatoms. The third-order valence-electron chi connectivity index (χ3n) is 4.86. The first-order chi connectivity index (χ1) is 7.65. The van der Waals surface area contributed by atoms with Gasteiger partial charge in [0.1, 0.15) is 5.78 Å². The summed E-state index contributed by atoms with van der Waals surface area (Å²) >= 11 is 0. The molecule has 2 atom stereocenters. The van der Waals surface area contributed by atoms with Crippen molar-refractivity contribution < 1.29 is 4.79 Å². The van der Waals surface area contributed by atoms with E-state index < -0.39 is 0 Å². The van der Waals surface area contributed by atoms with Crippen LogP contribution in [0.15, 0.2) is 0 Å². The third kappa shape index (κ3) is 2.49. The van der Waals surface area contributed by atoms with E-state index in [9.17, 15) is 4.79 Å². The molecule has 92 valence electrons. The number of ketones is 1. The Morgan fingerprint density at radius 1 is 1.19 bits per heavy atom. The van der Waals surface area contributed by atoms with Gasteiger partial charge in [-0.05, 0) is 43.4 Å². The van der Waals surface area contributed by atoms with E-state index >= 15 is 0 Å². The number of hydrogen-bond acceptors (Lipinski definition) is 1. The van der Waals surface area contributed by atoms with Crippen LogP contribution in [-0.4, -0.2) is 5.78 Å². The molecule has 0 spiro atoms. The maximum Gasteiger partial charge on any atom is 0.130 e. The molecule has 1 nitrogen and oxygen atoms in total. The highest BCUT2D eigenvalue weighted by Crippen LogP contribution is 2.55. The summed E-state index contributed by atoms with van der Waals surface area (Å²) in [5.74, 6) is 2.33. The van der Waals surface area contributed by atoms with Crippen LogP contribution in [0, 0.1) is 17.3 Å². The molecule has 0 aliphatic heterocycles. The van der Waals surface area contributed by atoms with E-state index in [4.69, 9.17) is 0 Å². The van der Waals surface area contributed by atoms with Crippen LogP contribution in [-0.2, 0) is 4.79 Å². The summed E-state index contributed by atoms with van der Waals surface area (Å²) < 4.78 is 0. The van der Waals surface area contributed by atoms with Crippen molar-refractivity contribution in [2.45, 2.75) is 71.6 Å². The quantitative estimate of drug-likeness (QED) is 0.691. The molecule has 0 amide bonds. The monoisotopic (exact) mass is 222 g/mol. The first-order valence-corrected chi connectivity index (χ1v) is 7.15. The summed E-state index contributed by atoms with van der Waals surface area (Å²) in [7, 11) is 0. The molecule has 2 aliphatic rings. The highest BCUT2D eigenvalue weighted by molar-refractivity contribution is 5.76. The van der Waals surface area contributed by atoms with E-state index in [1.807, 2.05) is 0 Å². The van der Waals surface area contributed by atoms with Gasteiger partial charge in [0.05, 0.1) is 0 Å². The number of carbonyl (C=O) groups excluding carboxylic acids is 1. The van der Waals surface area contributed by atoms with Gasteiger partial charge >= 0.3 is 0 Å². The summed E-state index contributed by atoms with van der Waals surface area (Å²) in [5, 5.41) is 0. The molecule has 2 fully saturated rings. The van der Waals surface area contributed by atoms with E-state index in [-0.39, 0.29) is 0 Å². The fourth-order valence-corrected chi connectivity index (χ4v) is 4.51. The van der Waals surface area contributed by atoms with Gasteiger partial charge in [-0.1, -0.05) is 39.0 Å². The van der Waals surface area contributed by atoms with Gasteiger partial charge in [0.15, 0.2) is 0 Å². The van der Waals surface area contributed by atoms with E-state index in [2.05, 4.69) is 6.92 Å². The van der Waals surface area contributed by atoms with Crippen molar-refractivity contribution in [3.05, 3.63) is 0 Å². The predicted octanol–water partition coefficient (Wildman–Crippen LogP) is 4.35. The number of hydrogen-bond donors (Lipinski definition) is 0. The Balaban J connectivity index is 2.06. The summed E-state index contributed by atoms with van der Waals surface area (Å²) in [6, 6.07) is 0. The van der Waals surface area contributed by atoms with Crippen LogP contribution in [0.1, 0.15) is 71.6 Å². The second-order valence-corrected chi connectivity index (χ2v) is 6.34. The normalized spacial score (nSPS) is 32.4. The van der Waals surface area contributed by atoms with Crippen LogP contribution in [0.5, 0.6) is 0 Å². The zero-order chi connectivity index (χ0) is 11.6. The summed E-state index contributed by atoms with van der Waals surface area (Å²) in [6.45, 7) is 4.04. The zero-order valence-corrected chi connectivity index (χ0v) is 10.9. The van der Waals surface area contributed by atoms with Crippen LogP contribution >= 0.6 is 0 Å². The van der Waals surface area contributed by atoms with Gasteiger partial charge in [0, 0.05) is 6.42 Å².